The molecule has 1 aromatic carbocycles. The zero-order valence-electron chi connectivity index (χ0n) is 10.2. The summed E-state index contributed by atoms with van der Waals surface area (Å²) in [5, 5.41) is 2.80. The molecule has 1 aromatic rings. The Morgan fingerprint density at radius 1 is 1.26 bits per heavy atom. The fraction of sp³-hybridized carbons (Fsp3) is 0.308. The predicted octanol–water partition coefficient (Wildman–Crippen LogP) is 2.37. The summed E-state index contributed by atoms with van der Waals surface area (Å²) in [5.74, 6) is -0.173. The summed E-state index contributed by atoms with van der Waals surface area (Å²) in [4.78, 5) is 11.7. The number of nitrogens with one attached hydrogen (secondary N) is 1. The van der Waals surface area contributed by atoms with Gasteiger partial charge in [-0.25, -0.2) is 5.01 Å². The van der Waals surface area contributed by atoms with Crippen molar-refractivity contribution >= 4 is 35.2 Å². The molecule has 1 N–H and O–H groups in total. The Kier molecular flexibility index (Phi) is 5.22. The van der Waals surface area contributed by atoms with Crippen LogP contribution < -0.4 is 5.43 Å². The molecular weight excluding hydrogens is 287 g/mol. The van der Waals surface area contributed by atoms with Crippen molar-refractivity contribution in [3.63, 3.8) is 0 Å². The minimum atomic E-state index is -0.173. The first kappa shape index (κ1) is 14.3. The molecular formula is C13H14Cl2N2O2. The number of morpholine rings is 1. The van der Waals surface area contributed by atoms with E-state index in [2.05, 4.69) is 5.43 Å². The van der Waals surface area contributed by atoms with Gasteiger partial charge in [-0.2, -0.15) is 0 Å². The van der Waals surface area contributed by atoms with E-state index >= 15 is 0 Å². The molecule has 1 aliphatic rings. The first-order chi connectivity index (χ1) is 9.15. The van der Waals surface area contributed by atoms with E-state index in [1.165, 1.54) is 6.08 Å². The third kappa shape index (κ3) is 4.51. The van der Waals surface area contributed by atoms with Crippen LogP contribution in [0.15, 0.2) is 24.3 Å². The molecule has 0 spiro atoms. The Balaban J connectivity index is 1.90. The van der Waals surface area contributed by atoms with Crippen LogP contribution in [0.2, 0.25) is 10.0 Å². The van der Waals surface area contributed by atoms with E-state index in [4.69, 9.17) is 27.9 Å². The number of amides is 1. The molecule has 1 fully saturated rings. The molecule has 2 rings (SSSR count). The van der Waals surface area contributed by atoms with E-state index in [1.54, 1.807) is 24.3 Å². The lowest BCUT2D eigenvalue weighted by Gasteiger charge is -2.26. The van der Waals surface area contributed by atoms with Crippen molar-refractivity contribution in [3.8, 4) is 0 Å². The van der Waals surface area contributed by atoms with Gasteiger partial charge in [-0.05, 0) is 23.8 Å². The number of carbonyl (C=O) groups excluding carboxylic acids is 1. The second kappa shape index (κ2) is 6.91. The molecule has 1 amide bonds. The third-order valence-corrected chi connectivity index (χ3v) is 3.39. The van der Waals surface area contributed by atoms with E-state index in [1.807, 2.05) is 5.01 Å². The number of nitrogens with zero attached hydrogens (tertiary/aromatic N) is 1. The number of benzene rings is 1. The van der Waals surface area contributed by atoms with E-state index in [-0.39, 0.29) is 5.91 Å². The van der Waals surface area contributed by atoms with Gasteiger partial charge >= 0.3 is 0 Å². The van der Waals surface area contributed by atoms with Gasteiger partial charge in [-0.1, -0.05) is 29.3 Å². The van der Waals surface area contributed by atoms with E-state index in [0.29, 0.717) is 36.3 Å². The largest absolute Gasteiger partial charge is 0.379 e. The SMILES string of the molecule is O=C(C=Cc1ccc(Cl)c(Cl)c1)NN1CCOCC1. The maximum Gasteiger partial charge on any atom is 0.258 e. The lowest BCUT2D eigenvalue weighted by Crippen LogP contribution is -2.47. The van der Waals surface area contributed by atoms with Crippen molar-refractivity contribution in [2.24, 2.45) is 0 Å². The lowest BCUT2D eigenvalue weighted by molar-refractivity contribution is -0.123. The van der Waals surface area contributed by atoms with Crippen LogP contribution in [0, 0.1) is 0 Å². The smallest absolute Gasteiger partial charge is 0.258 e. The molecule has 6 heteroatoms. The van der Waals surface area contributed by atoms with Crippen molar-refractivity contribution in [1.82, 2.24) is 10.4 Å². The van der Waals surface area contributed by atoms with Gasteiger partial charge in [0.1, 0.15) is 0 Å². The summed E-state index contributed by atoms with van der Waals surface area (Å²) >= 11 is 11.7. The van der Waals surface area contributed by atoms with Crippen LogP contribution in [0.25, 0.3) is 6.08 Å². The quantitative estimate of drug-likeness (QED) is 0.872. The lowest BCUT2D eigenvalue weighted by atomic mass is 10.2. The third-order valence-electron chi connectivity index (χ3n) is 2.65. The predicted molar refractivity (Wildman–Crippen MR) is 76.0 cm³/mol. The van der Waals surface area contributed by atoms with Gasteiger partial charge in [0.05, 0.1) is 23.3 Å². The topological polar surface area (TPSA) is 41.6 Å². The molecule has 19 heavy (non-hydrogen) atoms. The highest BCUT2D eigenvalue weighted by atomic mass is 35.5. The van der Waals surface area contributed by atoms with Gasteiger partial charge in [-0.3, -0.25) is 10.2 Å². The molecule has 0 atom stereocenters. The number of halogens is 2. The van der Waals surface area contributed by atoms with E-state index in [0.717, 1.165) is 5.56 Å². The number of hydrogen-bond donors (Lipinski definition) is 1. The van der Waals surface area contributed by atoms with E-state index in [9.17, 15) is 4.79 Å². The molecule has 0 bridgehead atoms. The maximum absolute atomic E-state index is 11.7. The summed E-state index contributed by atoms with van der Waals surface area (Å²) in [5.41, 5.74) is 3.61. The molecule has 0 radical (unpaired) electrons. The van der Waals surface area contributed by atoms with Gasteiger partial charge in [0, 0.05) is 19.2 Å². The van der Waals surface area contributed by atoms with Gasteiger partial charge in [0.15, 0.2) is 0 Å². The molecule has 0 aromatic heterocycles. The number of hydrazine groups is 1. The molecule has 0 saturated carbocycles. The van der Waals surface area contributed by atoms with Gasteiger partial charge in [-0.15, -0.1) is 0 Å². The van der Waals surface area contributed by atoms with Crippen LogP contribution in [-0.2, 0) is 9.53 Å². The Morgan fingerprint density at radius 2 is 2.00 bits per heavy atom. The Labute approximate surface area is 121 Å². The molecule has 1 aliphatic heterocycles. The van der Waals surface area contributed by atoms with Gasteiger partial charge in [0.2, 0.25) is 0 Å². The summed E-state index contributed by atoms with van der Waals surface area (Å²) in [6, 6.07) is 5.21. The van der Waals surface area contributed by atoms with Crippen molar-refractivity contribution in [3.05, 3.63) is 39.9 Å². The average Bonchev–Trinajstić information content (AvgIpc) is 2.41. The van der Waals surface area contributed by atoms with Crippen molar-refractivity contribution in [2.75, 3.05) is 26.3 Å². The van der Waals surface area contributed by atoms with Crippen LogP contribution in [-0.4, -0.2) is 37.2 Å². The highest BCUT2D eigenvalue weighted by molar-refractivity contribution is 6.42. The van der Waals surface area contributed by atoms with Crippen LogP contribution in [0.5, 0.6) is 0 Å². The fourth-order valence-corrected chi connectivity index (χ4v) is 1.96. The van der Waals surface area contributed by atoms with E-state index < -0.39 is 0 Å². The van der Waals surface area contributed by atoms with Crippen LogP contribution in [0.1, 0.15) is 5.56 Å². The standard InChI is InChI=1S/C13H14Cl2N2O2/c14-11-3-1-10(9-12(11)15)2-4-13(18)16-17-5-7-19-8-6-17/h1-4,9H,5-8H2,(H,16,18). The van der Waals surface area contributed by atoms with Gasteiger partial charge in [0.25, 0.3) is 5.91 Å². The Bertz CT molecular complexity index is 486. The second-order valence-corrected chi connectivity index (χ2v) is 4.90. The zero-order chi connectivity index (χ0) is 13.7. The van der Waals surface area contributed by atoms with Gasteiger partial charge < -0.3 is 4.74 Å². The number of ether oxygens (including phenoxy) is 1. The van der Waals surface area contributed by atoms with Crippen molar-refractivity contribution < 1.29 is 9.53 Å². The summed E-state index contributed by atoms with van der Waals surface area (Å²) < 4.78 is 5.20. The monoisotopic (exact) mass is 300 g/mol. The number of carbonyl (C=O) groups is 1. The molecule has 0 unspecified atom stereocenters. The van der Waals surface area contributed by atoms with Crippen molar-refractivity contribution in [1.29, 1.82) is 0 Å². The number of rotatable bonds is 3. The normalized spacial score (nSPS) is 16.7. The average molecular weight is 301 g/mol. The summed E-state index contributed by atoms with van der Waals surface area (Å²) in [6.45, 7) is 2.67. The van der Waals surface area contributed by atoms with Crippen LogP contribution in [0.4, 0.5) is 0 Å². The molecule has 4 nitrogen and oxygen atoms in total. The molecule has 102 valence electrons. The maximum atomic E-state index is 11.7. The first-order valence-corrected chi connectivity index (χ1v) is 6.67. The zero-order valence-corrected chi connectivity index (χ0v) is 11.7. The highest BCUT2D eigenvalue weighted by Crippen LogP contribution is 2.23. The number of hydrogen-bond acceptors (Lipinski definition) is 3. The highest BCUT2D eigenvalue weighted by Gasteiger charge is 2.11. The minimum absolute atomic E-state index is 0.173. The first-order valence-electron chi connectivity index (χ1n) is 5.91. The Hall–Kier alpha value is -1.07. The summed E-state index contributed by atoms with van der Waals surface area (Å²) in [7, 11) is 0. The van der Waals surface area contributed by atoms with Crippen LogP contribution >= 0.6 is 23.2 Å². The molecule has 1 saturated heterocycles. The fourth-order valence-electron chi connectivity index (χ4n) is 1.66. The van der Waals surface area contributed by atoms with Crippen LogP contribution in [0.3, 0.4) is 0 Å². The summed E-state index contributed by atoms with van der Waals surface area (Å²) in [6.07, 6.45) is 3.16. The molecule has 1 heterocycles. The second-order valence-electron chi connectivity index (χ2n) is 4.08. The van der Waals surface area contributed by atoms with Crippen molar-refractivity contribution in [2.45, 2.75) is 0 Å². The minimum Gasteiger partial charge on any atom is -0.379 e. The molecule has 0 aliphatic carbocycles. The Morgan fingerprint density at radius 3 is 2.68 bits per heavy atom.